The molecule has 0 radical (unpaired) electrons. The quantitative estimate of drug-likeness (QED) is 0.326. The summed E-state index contributed by atoms with van der Waals surface area (Å²) in [6, 6.07) is 17.5. The molecule has 0 atom stereocenters. The minimum Gasteiger partial charge on any atom is -0.437 e. The smallest absolute Gasteiger partial charge is 0.247 e. The normalized spacial score (nSPS) is 14.5. The van der Waals surface area contributed by atoms with Crippen molar-refractivity contribution in [2.45, 2.75) is 6.54 Å². The maximum Gasteiger partial charge on any atom is 0.247 e. The van der Waals surface area contributed by atoms with Crippen LogP contribution in [0.5, 0.6) is 11.6 Å². The number of anilines is 3. The first-order chi connectivity index (χ1) is 17.6. The van der Waals surface area contributed by atoms with Gasteiger partial charge in [-0.25, -0.2) is 4.98 Å². The molecule has 3 heterocycles. The van der Waals surface area contributed by atoms with Gasteiger partial charge in [-0.15, -0.1) is 11.3 Å². The summed E-state index contributed by atoms with van der Waals surface area (Å²) in [4.78, 5) is 25.8. The lowest BCUT2D eigenvalue weighted by molar-refractivity contribution is -0.111. The van der Waals surface area contributed by atoms with Crippen molar-refractivity contribution in [2.24, 2.45) is 0 Å². The molecule has 2 aromatic carbocycles. The van der Waals surface area contributed by atoms with E-state index in [1.165, 1.54) is 23.0 Å². The number of rotatable bonds is 8. The molecular weight excluding hydrogens is 472 g/mol. The average molecular weight is 501 g/mol. The summed E-state index contributed by atoms with van der Waals surface area (Å²) in [5.41, 5.74) is 3.61. The Morgan fingerprint density at radius 1 is 1.08 bits per heavy atom. The summed E-state index contributed by atoms with van der Waals surface area (Å²) in [6.45, 7) is 8.85. The SMILES string of the molecule is C=CC(=O)Nc1cccc(Oc2nc(Nc3ccc(CN4CCN(C)CC4)cc3)nc3ccsc23)c1. The van der Waals surface area contributed by atoms with E-state index < -0.39 is 0 Å². The molecule has 0 bridgehead atoms. The lowest BCUT2D eigenvalue weighted by atomic mass is 10.2. The predicted molar refractivity (Wildman–Crippen MR) is 145 cm³/mol. The molecule has 9 heteroatoms. The van der Waals surface area contributed by atoms with Gasteiger partial charge in [0.1, 0.15) is 10.4 Å². The van der Waals surface area contributed by atoms with Crippen LogP contribution >= 0.6 is 11.3 Å². The van der Waals surface area contributed by atoms with Crippen LogP contribution in [0.1, 0.15) is 5.56 Å². The van der Waals surface area contributed by atoms with E-state index in [1.807, 2.05) is 23.6 Å². The van der Waals surface area contributed by atoms with E-state index >= 15 is 0 Å². The lowest BCUT2D eigenvalue weighted by Gasteiger charge is -2.32. The standard InChI is InChI=1S/C27H28N6O2S/c1-3-24(34)28-21-5-4-6-22(17-21)35-26-25-23(11-16-36-25)30-27(31-26)29-20-9-7-19(8-10-20)18-33-14-12-32(2)13-15-33/h3-11,16-17H,1,12-15,18H2,2H3,(H,28,34)(H,29,30,31). The summed E-state index contributed by atoms with van der Waals surface area (Å²) in [6.07, 6.45) is 1.23. The Labute approximate surface area is 214 Å². The van der Waals surface area contributed by atoms with Gasteiger partial charge >= 0.3 is 0 Å². The summed E-state index contributed by atoms with van der Waals surface area (Å²) >= 11 is 1.52. The Balaban J connectivity index is 1.31. The molecule has 0 spiro atoms. The first kappa shape index (κ1) is 23.9. The Morgan fingerprint density at radius 2 is 1.89 bits per heavy atom. The van der Waals surface area contributed by atoms with Crippen LogP contribution in [-0.4, -0.2) is 58.9 Å². The number of fused-ring (bicyclic) bond motifs is 1. The van der Waals surface area contributed by atoms with Crippen LogP contribution < -0.4 is 15.4 Å². The fourth-order valence-electron chi connectivity index (χ4n) is 3.99. The van der Waals surface area contributed by atoms with Gasteiger partial charge in [-0.1, -0.05) is 24.8 Å². The van der Waals surface area contributed by atoms with Gasteiger partial charge in [-0.3, -0.25) is 9.69 Å². The number of amides is 1. The van der Waals surface area contributed by atoms with Crippen molar-refractivity contribution in [3.63, 3.8) is 0 Å². The van der Waals surface area contributed by atoms with Crippen molar-refractivity contribution in [3.8, 4) is 11.6 Å². The number of carbonyl (C=O) groups excluding carboxylic acids is 1. The van der Waals surface area contributed by atoms with Gasteiger partial charge in [0.05, 0.1) is 5.52 Å². The van der Waals surface area contributed by atoms with E-state index in [0.717, 1.165) is 48.6 Å². The number of hydrogen-bond acceptors (Lipinski definition) is 8. The first-order valence-electron chi connectivity index (χ1n) is 11.8. The molecule has 1 aliphatic rings. The Kier molecular flexibility index (Phi) is 7.22. The van der Waals surface area contributed by atoms with Gasteiger partial charge in [-0.05, 0) is 54.4 Å². The maximum atomic E-state index is 11.6. The summed E-state index contributed by atoms with van der Waals surface area (Å²) in [5, 5.41) is 8.01. The first-order valence-corrected chi connectivity index (χ1v) is 12.7. The number of aromatic nitrogens is 2. The van der Waals surface area contributed by atoms with Crippen LogP contribution in [0.2, 0.25) is 0 Å². The lowest BCUT2D eigenvalue weighted by Crippen LogP contribution is -2.43. The summed E-state index contributed by atoms with van der Waals surface area (Å²) in [5.74, 6) is 1.19. The average Bonchev–Trinajstić information content (AvgIpc) is 3.36. The molecule has 0 aliphatic carbocycles. The number of hydrogen-bond donors (Lipinski definition) is 2. The summed E-state index contributed by atoms with van der Waals surface area (Å²) in [7, 11) is 2.17. The van der Waals surface area contributed by atoms with Crippen LogP contribution in [0.3, 0.4) is 0 Å². The molecule has 1 fully saturated rings. The van der Waals surface area contributed by atoms with Gasteiger partial charge in [0, 0.05) is 50.2 Å². The molecule has 8 nitrogen and oxygen atoms in total. The zero-order chi connectivity index (χ0) is 24.9. The number of piperazine rings is 1. The second-order valence-corrected chi connectivity index (χ2v) is 9.63. The van der Waals surface area contributed by atoms with Crippen molar-refractivity contribution in [1.29, 1.82) is 0 Å². The minimum atomic E-state index is -0.282. The number of ether oxygens (including phenoxy) is 1. The third-order valence-corrected chi connectivity index (χ3v) is 6.88. The van der Waals surface area contributed by atoms with Gasteiger partial charge in [-0.2, -0.15) is 4.98 Å². The fraction of sp³-hybridized carbons (Fsp3) is 0.222. The predicted octanol–water partition coefficient (Wildman–Crippen LogP) is 5.10. The van der Waals surface area contributed by atoms with Crippen LogP contribution in [0.4, 0.5) is 17.3 Å². The third kappa shape index (κ3) is 5.88. The highest BCUT2D eigenvalue weighted by atomic mass is 32.1. The van der Waals surface area contributed by atoms with E-state index in [1.54, 1.807) is 12.1 Å². The van der Waals surface area contributed by atoms with Crippen LogP contribution in [-0.2, 0) is 11.3 Å². The zero-order valence-corrected chi connectivity index (χ0v) is 20.9. The van der Waals surface area contributed by atoms with Gasteiger partial charge in [0.2, 0.25) is 17.7 Å². The molecule has 184 valence electrons. The molecule has 1 amide bonds. The largest absolute Gasteiger partial charge is 0.437 e. The van der Waals surface area contributed by atoms with E-state index in [0.29, 0.717) is 23.3 Å². The van der Waals surface area contributed by atoms with Crippen molar-refractivity contribution >= 4 is 44.8 Å². The molecule has 36 heavy (non-hydrogen) atoms. The van der Waals surface area contributed by atoms with Crippen molar-refractivity contribution in [1.82, 2.24) is 19.8 Å². The molecule has 5 rings (SSSR count). The number of thiophene rings is 1. The Hall–Kier alpha value is -3.79. The number of nitrogens with one attached hydrogen (secondary N) is 2. The maximum absolute atomic E-state index is 11.6. The van der Waals surface area contributed by atoms with E-state index in [2.05, 4.69) is 68.3 Å². The second-order valence-electron chi connectivity index (χ2n) is 8.71. The van der Waals surface area contributed by atoms with Gasteiger partial charge < -0.3 is 20.3 Å². The van der Waals surface area contributed by atoms with Crippen molar-refractivity contribution in [2.75, 3.05) is 43.9 Å². The number of carbonyl (C=O) groups is 1. The molecule has 4 aromatic rings. The Bertz CT molecular complexity index is 1360. The van der Waals surface area contributed by atoms with Crippen molar-refractivity contribution in [3.05, 3.63) is 78.2 Å². The second kappa shape index (κ2) is 10.9. The molecule has 2 aromatic heterocycles. The third-order valence-electron chi connectivity index (χ3n) is 5.99. The molecular formula is C27H28N6O2S. The van der Waals surface area contributed by atoms with E-state index in [4.69, 9.17) is 4.74 Å². The highest BCUT2D eigenvalue weighted by Gasteiger charge is 2.15. The van der Waals surface area contributed by atoms with Gasteiger partial charge in [0.15, 0.2) is 0 Å². The molecule has 1 saturated heterocycles. The molecule has 2 N–H and O–H groups in total. The van der Waals surface area contributed by atoms with Crippen molar-refractivity contribution < 1.29 is 9.53 Å². The molecule has 1 aliphatic heterocycles. The van der Waals surface area contributed by atoms with Gasteiger partial charge in [0.25, 0.3) is 0 Å². The fourth-order valence-corrected chi connectivity index (χ4v) is 4.75. The van der Waals surface area contributed by atoms with E-state index in [9.17, 15) is 4.79 Å². The van der Waals surface area contributed by atoms with Crippen LogP contribution in [0, 0.1) is 0 Å². The van der Waals surface area contributed by atoms with Crippen LogP contribution in [0.15, 0.2) is 72.6 Å². The van der Waals surface area contributed by atoms with E-state index in [-0.39, 0.29) is 5.91 Å². The molecule has 0 unspecified atom stereocenters. The van der Waals surface area contributed by atoms with Crippen LogP contribution in [0.25, 0.3) is 10.2 Å². The Morgan fingerprint density at radius 3 is 2.67 bits per heavy atom. The number of nitrogens with zero attached hydrogens (tertiary/aromatic N) is 4. The number of likely N-dealkylation sites (N-methyl/N-ethyl adjacent to an activating group) is 1. The minimum absolute atomic E-state index is 0.282. The monoisotopic (exact) mass is 500 g/mol. The number of benzene rings is 2. The summed E-state index contributed by atoms with van der Waals surface area (Å²) < 4.78 is 6.98. The zero-order valence-electron chi connectivity index (χ0n) is 20.1. The molecule has 0 saturated carbocycles. The highest BCUT2D eigenvalue weighted by Crippen LogP contribution is 2.33. The highest BCUT2D eigenvalue weighted by molar-refractivity contribution is 7.17. The topological polar surface area (TPSA) is 82.6 Å².